The summed E-state index contributed by atoms with van der Waals surface area (Å²) in [5, 5.41) is 5.51. The van der Waals surface area contributed by atoms with Crippen LogP contribution in [0.4, 0.5) is 0 Å². The molecule has 4 fully saturated rings. The molecule has 2 saturated carbocycles. The zero-order valence-corrected chi connectivity index (χ0v) is 49.1. The number of rotatable bonds is 14. The van der Waals surface area contributed by atoms with E-state index in [4.69, 9.17) is 14.5 Å². The van der Waals surface area contributed by atoms with Crippen molar-refractivity contribution in [3.05, 3.63) is 101 Å². The van der Waals surface area contributed by atoms with Gasteiger partial charge in [0.1, 0.15) is 40.9 Å². The number of cyclic esters (lactones) is 1. The first kappa shape index (κ1) is 57.5. The summed E-state index contributed by atoms with van der Waals surface area (Å²) in [7, 11) is 1.60. The SMILES string of the molecule is CCn1c(-c2cccnc2C(C)C)c2c3cc(ccc31)-c1cc(cc(OC(C)=O)c1)C[C@H](NC(=O)[C@H](C1CCCC1)N(C)C(=O)CN(C)C(=O)[C@H]1[C@@H](C3CC3)N1[S@](=O)c1ccc(C)cc1)C(=O)N1CCC[C@H](N1)C(=O)OCC(C)(C)C2. The first-order valence-corrected chi connectivity index (χ1v) is 30.1. The molecule has 2 aromatic heterocycles. The summed E-state index contributed by atoms with van der Waals surface area (Å²) >= 11 is 0. The zero-order valence-electron chi connectivity index (χ0n) is 48.3. The van der Waals surface area contributed by atoms with Crippen LogP contribution in [0, 0.1) is 24.2 Å². The molecule has 81 heavy (non-hydrogen) atoms. The third-order valence-corrected chi connectivity index (χ3v) is 18.5. The molecule has 5 aromatic rings. The second-order valence-corrected chi connectivity index (χ2v) is 25.7. The molecule has 0 spiro atoms. The number of nitrogens with one attached hydrogen (secondary N) is 2. The van der Waals surface area contributed by atoms with Gasteiger partial charge in [-0.25, -0.2) is 13.9 Å². The fourth-order valence-electron chi connectivity index (χ4n) is 12.7. The van der Waals surface area contributed by atoms with Crippen molar-refractivity contribution < 1.29 is 42.4 Å². The third kappa shape index (κ3) is 12.2. The largest absolute Gasteiger partial charge is 0.464 e. The number of hydrogen-bond donors (Lipinski definition) is 2. The normalized spacial score (nSPS) is 22.8. The highest BCUT2D eigenvalue weighted by atomic mass is 32.2. The minimum Gasteiger partial charge on any atom is -0.464 e. The molecule has 5 heterocycles. The van der Waals surface area contributed by atoms with Crippen molar-refractivity contribution in [3.8, 4) is 28.1 Å². The van der Waals surface area contributed by atoms with Gasteiger partial charge in [0.2, 0.25) is 17.7 Å². The smallest absolute Gasteiger partial charge is 0.324 e. The minimum atomic E-state index is -1.56. The van der Waals surface area contributed by atoms with E-state index < -0.39 is 70.2 Å². The van der Waals surface area contributed by atoms with E-state index >= 15 is 9.59 Å². The van der Waals surface area contributed by atoms with Gasteiger partial charge in [0.15, 0.2) is 0 Å². The Morgan fingerprint density at radius 3 is 2.37 bits per heavy atom. The molecule has 6 bridgehead atoms. The number of carbonyl (C=O) groups excluding carboxylic acids is 6. The van der Waals surface area contributed by atoms with Crippen molar-refractivity contribution in [1.82, 2.24) is 39.4 Å². The monoisotopic (exact) mass is 1120 g/mol. The van der Waals surface area contributed by atoms with Crippen LogP contribution < -0.4 is 15.5 Å². The first-order valence-electron chi connectivity index (χ1n) is 29.0. The van der Waals surface area contributed by atoms with Crippen LogP contribution in [0.1, 0.15) is 121 Å². The van der Waals surface area contributed by atoms with Gasteiger partial charge in [0.25, 0.3) is 5.91 Å². The van der Waals surface area contributed by atoms with E-state index in [0.717, 1.165) is 75.8 Å². The maximum absolute atomic E-state index is 15.2. The molecule has 7 atom stereocenters. The van der Waals surface area contributed by atoms with Gasteiger partial charge in [-0.3, -0.25) is 38.8 Å². The number of aromatic nitrogens is 2. The Labute approximate surface area is 478 Å². The number of hydrogen-bond acceptors (Lipinski definition) is 11. The van der Waals surface area contributed by atoms with E-state index in [1.54, 1.807) is 24.5 Å². The fraction of sp³-hybridized carbons (Fsp3) is 0.508. The van der Waals surface area contributed by atoms with Gasteiger partial charge >= 0.3 is 11.9 Å². The number of carbonyl (C=O) groups is 6. The molecular formula is C63H78N8O9S. The van der Waals surface area contributed by atoms with Crippen molar-refractivity contribution in [3.63, 3.8) is 0 Å². The molecule has 2 N–H and O–H groups in total. The van der Waals surface area contributed by atoms with Gasteiger partial charge in [-0.2, -0.15) is 0 Å². The molecule has 10 rings (SSSR count). The number of benzene rings is 3. The second kappa shape index (κ2) is 23.6. The van der Waals surface area contributed by atoms with E-state index in [2.05, 4.69) is 68.1 Å². The van der Waals surface area contributed by atoms with Crippen molar-refractivity contribution in [2.24, 2.45) is 17.3 Å². The number of ether oxygens (including phenoxy) is 2. The Hall–Kier alpha value is -6.76. The van der Waals surface area contributed by atoms with E-state index in [1.165, 1.54) is 21.7 Å². The topological polar surface area (TPSA) is 193 Å². The lowest BCUT2D eigenvalue weighted by Gasteiger charge is -2.37. The fourth-order valence-corrected chi connectivity index (χ4v) is 14.2. The summed E-state index contributed by atoms with van der Waals surface area (Å²) in [5.41, 5.74) is 11.0. The first-order chi connectivity index (χ1) is 38.7. The Bertz CT molecular complexity index is 3270. The summed E-state index contributed by atoms with van der Waals surface area (Å²) < 4.78 is 29.9. The van der Waals surface area contributed by atoms with Gasteiger partial charge in [0, 0.05) is 68.6 Å². The van der Waals surface area contributed by atoms with Crippen molar-refractivity contribution in [2.75, 3.05) is 33.8 Å². The number of aryl methyl sites for hydroxylation is 2. The number of fused-ring (bicyclic) bond motifs is 6. The molecular weight excluding hydrogens is 1040 g/mol. The van der Waals surface area contributed by atoms with Crippen molar-refractivity contribution in [1.29, 1.82) is 0 Å². The quantitative estimate of drug-likeness (QED) is 0.0621. The number of pyridine rings is 1. The Morgan fingerprint density at radius 2 is 1.68 bits per heavy atom. The average Bonchev–Trinajstić information content (AvgIpc) is 4.53. The number of hydrazine groups is 1. The number of amides is 4. The van der Waals surface area contributed by atoms with Gasteiger partial charge < -0.3 is 29.2 Å². The summed E-state index contributed by atoms with van der Waals surface area (Å²) in [6, 6.07) is 19.4. The van der Waals surface area contributed by atoms with Gasteiger partial charge in [0.05, 0.1) is 35.5 Å². The third-order valence-electron chi connectivity index (χ3n) is 17.0. The molecule has 4 amide bonds. The number of esters is 2. The molecule has 17 nitrogen and oxygen atoms in total. The lowest BCUT2D eigenvalue weighted by Crippen LogP contribution is -2.62. The van der Waals surface area contributed by atoms with Crippen LogP contribution in [0.5, 0.6) is 5.75 Å². The van der Waals surface area contributed by atoms with E-state index in [0.29, 0.717) is 49.1 Å². The lowest BCUT2D eigenvalue weighted by atomic mass is 9.83. The number of nitrogens with zero attached hydrogens (tertiary/aromatic N) is 6. The van der Waals surface area contributed by atoms with Crippen LogP contribution in [0.2, 0.25) is 0 Å². The Balaban J connectivity index is 0.989. The number of likely N-dealkylation sites (N-methyl/N-ethyl adjacent to an activating group) is 2. The standard InChI is InChI=1S/C63H78N8O9S/c1-10-69-52-26-23-43-33-48(52)49(57(69)47-17-13-27-64-54(47)37(2)3)34-63(6,7)36-79-62(77)50-18-14-28-70(66-50)60(75)51(31-40-29-44(43)32-45(30-40)80-39(5)72)65-59(74)56(41-15-11-12-16-41)68(9)53(73)35-67(8)61(76)58-55(42-21-22-42)71(58)81(78)46-24-19-38(4)20-25-46/h13,17,19-20,23-27,29-30,32-33,37,41-42,50-51,55-56,58,66H,10-12,14-16,18,21-22,28,31,34-36H2,1-9H3,(H,65,74)/t50-,51-,55+,56-,58+,71?,81+/m0/s1. The maximum atomic E-state index is 15.2. The van der Waals surface area contributed by atoms with Crippen molar-refractivity contribution >= 4 is 57.5 Å². The van der Waals surface area contributed by atoms with Crippen LogP contribution in [0.25, 0.3) is 33.3 Å². The van der Waals surface area contributed by atoms with E-state index in [1.807, 2.05) is 61.7 Å². The van der Waals surface area contributed by atoms with E-state index in [9.17, 15) is 23.4 Å². The van der Waals surface area contributed by atoms with Gasteiger partial charge in [-0.15, -0.1) is 0 Å². The summed E-state index contributed by atoms with van der Waals surface area (Å²) in [5.74, 6) is -2.38. The molecule has 3 aromatic carbocycles. The molecule has 2 aliphatic carbocycles. The second-order valence-electron chi connectivity index (χ2n) is 24.3. The predicted octanol–water partition coefficient (Wildman–Crippen LogP) is 8.06. The zero-order chi connectivity index (χ0) is 57.6. The van der Waals surface area contributed by atoms with E-state index in [-0.39, 0.29) is 61.6 Å². The highest BCUT2D eigenvalue weighted by Crippen LogP contribution is 2.49. The van der Waals surface area contributed by atoms with Crippen LogP contribution in [-0.4, -0.2) is 132 Å². The highest BCUT2D eigenvalue weighted by molar-refractivity contribution is 7.83. The average molecular weight is 1120 g/mol. The molecule has 430 valence electrons. The Morgan fingerprint density at radius 1 is 0.938 bits per heavy atom. The molecule has 2 saturated heterocycles. The van der Waals surface area contributed by atoms with Crippen LogP contribution in [-0.2, 0) is 63.9 Å². The Kier molecular flexibility index (Phi) is 16.8. The maximum Gasteiger partial charge on any atom is 0.324 e. The summed E-state index contributed by atoms with van der Waals surface area (Å²) in [6.07, 6.45) is 8.18. The predicted molar refractivity (Wildman–Crippen MR) is 310 cm³/mol. The molecule has 18 heteroatoms. The van der Waals surface area contributed by atoms with Crippen LogP contribution in [0.15, 0.2) is 83.9 Å². The summed E-state index contributed by atoms with van der Waals surface area (Å²) in [6.45, 7) is 14.6. The summed E-state index contributed by atoms with van der Waals surface area (Å²) in [4.78, 5) is 94.3. The van der Waals surface area contributed by atoms with Gasteiger partial charge in [-0.1, -0.05) is 70.4 Å². The van der Waals surface area contributed by atoms with Gasteiger partial charge in [-0.05, 0) is 147 Å². The highest BCUT2D eigenvalue weighted by Gasteiger charge is 2.62. The van der Waals surface area contributed by atoms with Crippen LogP contribution in [0.3, 0.4) is 0 Å². The minimum absolute atomic E-state index is 0.0483. The lowest BCUT2D eigenvalue weighted by molar-refractivity contribution is -0.155. The molecule has 0 radical (unpaired) electrons. The van der Waals surface area contributed by atoms with Crippen LogP contribution >= 0.6 is 0 Å². The molecule has 1 unspecified atom stereocenters. The molecule has 5 aliphatic rings. The van der Waals surface area contributed by atoms with Crippen molar-refractivity contribution in [2.45, 2.75) is 160 Å². The molecule has 3 aliphatic heterocycles.